The first-order chi connectivity index (χ1) is 12.2. The largest absolute Gasteiger partial charge is 0.493 e. The predicted octanol–water partition coefficient (Wildman–Crippen LogP) is 4.71. The van der Waals surface area contributed by atoms with E-state index in [0.29, 0.717) is 21.5 Å². The first-order valence-electron chi connectivity index (χ1n) is 8.08. The Hall–Kier alpha value is -1.46. The second-order valence-electron chi connectivity index (χ2n) is 5.50. The molecule has 0 radical (unpaired) electrons. The highest BCUT2D eigenvalue weighted by Gasteiger charge is 2.10. The van der Waals surface area contributed by atoms with E-state index in [9.17, 15) is 0 Å². The van der Waals surface area contributed by atoms with Crippen LogP contribution in [0.2, 0.25) is 10.0 Å². The van der Waals surface area contributed by atoms with E-state index in [1.165, 1.54) is 0 Å². The highest BCUT2D eigenvalue weighted by molar-refractivity contribution is 6.35. The Bertz CT molecular complexity index is 659. The summed E-state index contributed by atoms with van der Waals surface area (Å²) in [4.78, 5) is 0. The Morgan fingerprint density at radius 3 is 2.44 bits per heavy atom. The molecule has 2 rings (SSSR count). The monoisotopic (exact) mass is 383 g/mol. The Morgan fingerprint density at radius 1 is 1.00 bits per heavy atom. The topological polar surface area (TPSA) is 39.7 Å². The van der Waals surface area contributed by atoms with Crippen LogP contribution >= 0.6 is 23.2 Å². The molecule has 2 aromatic carbocycles. The predicted molar refractivity (Wildman–Crippen MR) is 102 cm³/mol. The Labute approximate surface area is 159 Å². The van der Waals surface area contributed by atoms with E-state index < -0.39 is 0 Å². The van der Waals surface area contributed by atoms with Gasteiger partial charge in [-0.25, -0.2) is 0 Å². The fourth-order valence-electron chi connectivity index (χ4n) is 2.34. The zero-order chi connectivity index (χ0) is 18.1. The van der Waals surface area contributed by atoms with Gasteiger partial charge in [-0.3, -0.25) is 0 Å². The number of ether oxygens (including phenoxy) is 3. The van der Waals surface area contributed by atoms with Crippen molar-refractivity contribution in [2.45, 2.75) is 19.6 Å². The van der Waals surface area contributed by atoms with Crippen molar-refractivity contribution in [1.29, 1.82) is 0 Å². The molecule has 0 unspecified atom stereocenters. The van der Waals surface area contributed by atoms with Crippen molar-refractivity contribution in [3.05, 3.63) is 57.6 Å². The lowest BCUT2D eigenvalue weighted by Crippen LogP contribution is -2.16. The fraction of sp³-hybridized carbons (Fsp3) is 0.368. The van der Waals surface area contributed by atoms with Gasteiger partial charge in [-0.05, 0) is 42.8 Å². The molecule has 2 aromatic rings. The summed E-state index contributed by atoms with van der Waals surface area (Å²) in [6.07, 6.45) is 0.980. The van der Waals surface area contributed by atoms with E-state index in [0.717, 1.165) is 37.2 Å². The molecule has 0 atom stereocenters. The summed E-state index contributed by atoms with van der Waals surface area (Å²) in [7, 11) is 3.33. The smallest absolute Gasteiger partial charge is 0.161 e. The van der Waals surface area contributed by atoms with Crippen molar-refractivity contribution in [2.75, 3.05) is 27.4 Å². The van der Waals surface area contributed by atoms with Crippen LogP contribution in [0.4, 0.5) is 0 Å². The van der Waals surface area contributed by atoms with Crippen LogP contribution < -0.4 is 14.8 Å². The Balaban J connectivity index is 1.97. The molecule has 0 amide bonds. The van der Waals surface area contributed by atoms with Crippen LogP contribution in [0.5, 0.6) is 11.5 Å². The molecule has 0 heterocycles. The molecule has 0 spiro atoms. The third kappa shape index (κ3) is 6.08. The van der Waals surface area contributed by atoms with Crippen LogP contribution in [0.1, 0.15) is 17.5 Å². The lowest BCUT2D eigenvalue weighted by atomic mass is 10.2. The zero-order valence-corrected chi connectivity index (χ0v) is 16.0. The lowest BCUT2D eigenvalue weighted by Gasteiger charge is -2.14. The van der Waals surface area contributed by atoms with Crippen LogP contribution in [0.15, 0.2) is 36.4 Å². The molecule has 0 aliphatic heterocycles. The molecule has 0 saturated carbocycles. The van der Waals surface area contributed by atoms with E-state index in [1.807, 2.05) is 24.3 Å². The second-order valence-corrected chi connectivity index (χ2v) is 6.31. The van der Waals surface area contributed by atoms with Gasteiger partial charge in [0.05, 0.1) is 7.11 Å². The minimum absolute atomic E-state index is 0.281. The van der Waals surface area contributed by atoms with Crippen LogP contribution in [-0.4, -0.2) is 27.4 Å². The van der Waals surface area contributed by atoms with Crippen molar-refractivity contribution in [3.63, 3.8) is 0 Å². The van der Waals surface area contributed by atoms with Gasteiger partial charge in [-0.15, -0.1) is 0 Å². The van der Waals surface area contributed by atoms with Gasteiger partial charge < -0.3 is 19.5 Å². The van der Waals surface area contributed by atoms with Crippen molar-refractivity contribution < 1.29 is 14.2 Å². The standard InChI is InChI=1S/C19H23Cl2NO3/c1-23-10-4-9-22-12-14-7-8-18(19(11-14)24-2)25-13-15-16(20)5-3-6-17(15)21/h3,5-8,11,22H,4,9-10,12-13H2,1-2H3. The highest BCUT2D eigenvalue weighted by atomic mass is 35.5. The van der Waals surface area contributed by atoms with Crippen LogP contribution in [0.25, 0.3) is 0 Å². The summed E-state index contributed by atoms with van der Waals surface area (Å²) >= 11 is 12.4. The molecule has 0 fully saturated rings. The van der Waals surface area contributed by atoms with E-state index in [4.69, 9.17) is 37.4 Å². The molecular formula is C19H23Cl2NO3. The summed E-state index contributed by atoms with van der Waals surface area (Å²) < 4.78 is 16.3. The average Bonchev–Trinajstić information content (AvgIpc) is 2.61. The van der Waals surface area contributed by atoms with Crippen molar-refractivity contribution in [1.82, 2.24) is 5.32 Å². The zero-order valence-electron chi connectivity index (χ0n) is 14.5. The molecule has 4 nitrogen and oxygen atoms in total. The van der Waals surface area contributed by atoms with Gasteiger partial charge in [0.2, 0.25) is 0 Å². The molecule has 0 bridgehead atoms. The van der Waals surface area contributed by atoms with E-state index in [-0.39, 0.29) is 6.61 Å². The summed E-state index contributed by atoms with van der Waals surface area (Å²) in [5.41, 5.74) is 1.88. The van der Waals surface area contributed by atoms with Gasteiger partial charge in [-0.2, -0.15) is 0 Å². The summed E-state index contributed by atoms with van der Waals surface area (Å²) in [6, 6.07) is 11.3. The molecule has 25 heavy (non-hydrogen) atoms. The van der Waals surface area contributed by atoms with E-state index in [2.05, 4.69) is 5.32 Å². The molecule has 1 N–H and O–H groups in total. The summed E-state index contributed by atoms with van der Waals surface area (Å²) in [6.45, 7) is 2.70. The number of methoxy groups -OCH3 is 2. The Kier molecular flexibility index (Phi) is 8.35. The van der Waals surface area contributed by atoms with Crippen molar-refractivity contribution >= 4 is 23.2 Å². The number of halogens is 2. The quantitative estimate of drug-likeness (QED) is 0.603. The maximum atomic E-state index is 6.18. The lowest BCUT2D eigenvalue weighted by molar-refractivity contribution is 0.194. The van der Waals surface area contributed by atoms with Gasteiger partial charge >= 0.3 is 0 Å². The van der Waals surface area contributed by atoms with E-state index in [1.54, 1.807) is 26.4 Å². The third-order valence-corrected chi connectivity index (χ3v) is 4.40. The maximum Gasteiger partial charge on any atom is 0.161 e. The fourth-order valence-corrected chi connectivity index (χ4v) is 2.84. The van der Waals surface area contributed by atoms with Gasteiger partial charge in [0, 0.05) is 35.9 Å². The third-order valence-electron chi connectivity index (χ3n) is 3.69. The minimum atomic E-state index is 0.281. The van der Waals surface area contributed by atoms with Crippen LogP contribution in [-0.2, 0) is 17.9 Å². The number of benzene rings is 2. The maximum absolute atomic E-state index is 6.18. The molecule has 0 aliphatic carbocycles. The van der Waals surface area contributed by atoms with Crippen LogP contribution in [0, 0.1) is 0 Å². The molecule has 6 heteroatoms. The number of hydrogen-bond acceptors (Lipinski definition) is 4. The number of nitrogens with one attached hydrogen (secondary N) is 1. The SMILES string of the molecule is COCCCNCc1ccc(OCc2c(Cl)cccc2Cl)c(OC)c1. The first-order valence-corrected chi connectivity index (χ1v) is 8.83. The van der Waals surface area contributed by atoms with Crippen LogP contribution in [0.3, 0.4) is 0 Å². The average molecular weight is 384 g/mol. The van der Waals surface area contributed by atoms with Crippen molar-refractivity contribution in [2.24, 2.45) is 0 Å². The van der Waals surface area contributed by atoms with E-state index >= 15 is 0 Å². The molecular weight excluding hydrogens is 361 g/mol. The first kappa shape index (κ1) is 19.9. The van der Waals surface area contributed by atoms with Gasteiger partial charge in [0.15, 0.2) is 11.5 Å². The summed E-state index contributed by atoms with van der Waals surface area (Å²) in [5, 5.41) is 4.54. The van der Waals surface area contributed by atoms with Crippen molar-refractivity contribution in [3.8, 4) is 11.5 Å². The number of rotatable bonds is 10. The summed E-state index contributed by atoms with van der Waals surface area (Å²) in [5.74, 6) is 1.33. The number of hydrogen-bond donors (Lipinski definition) is 1. The van der Waals surface area contributed by atoms with Gasteiger partial charge in [0.1, 0.15) is 6.61 Å². The Morgan fingerprint density at radius 2 is 1.76 bits per heavy atom. The normalized spacial score (nSPS) is 10.7. The second kappa shape index (κ2) is 10.5. The van der Waals surface area contributed by atoms with Gasteiger partial charge in [0.25, 0.3) is 0 Å². The van der Waals surface area contributed by atoms with Gasteiger partial charge in [-0.1, -0.05) is 35.3 Å². The molecule has 136 valence electrons. The molecule has 0 aliphatic rings. The molecule has 0 aromatic heterocycles. The minimum Gasteiger partial charge on any atom is -0.493 e. The molecule has 0 saturated heterocycles. The highest BCUT2D eigenvalue weighted by Crippen LogP contribution is 2.31.